The van der Waals surface area contributed by atoms with E-state index in [0.29, 0.717) is 0 Å². The van der Waals surface area contributed by atoms with Crippen LogP contribution in [0.25, 0.3) is 5.65 Å². The van der Waals surface area contributed by atoms with Crippen LogP contribution in [0, 0.1) is 5.82 Å². The third-order valence-corrected chi connectivity index (χ3v) is 4.51. The van der Waals surface area contributed by atoms with Gasteiger partial charge in [0.2, 0.25) is 0 Å². The predicted octanol–water partition coefficient (Wildman–Crippen LogP) is 4.59. The Balaban J connectivity index is 1.81. The zero-order chi connectivity index (χ0) is 18.8. The summed E-state index contributed by atoms with van der Waals surface area (Å²) in [5.74, 6) is 0.864. The van der Waals surface area contributed by atoms with E-state index in [1.165, 1.54) is 12.1 Å². The minimum atomic E-state index is -0.257. The van der Waals surface area contributed by atoms with Gasteiger partial charge in [0.05, 0.1) is 12.2 Å². The molecule has 0 spiro atoms. The van der Waals surface area contributed by atoms with Crippen LogP contribution in [-0.4, -0.2) is 19.6 Å². The van der Waals surface area contributed by atoms with Gasteiger partial charge in [-0.2, -0.15) is 9.61 Å². The number of rotatable bonds is 5. The first kappa shape index (κ1) is 17.1. The highest BCUT2D eigenvalue weighted by atomic mass is 19.1. The Morgan fingerprint density at radius 3 is 2.33 bits per heavy atom. The maximum Gasteiger partial charge on any atom is 0.157 e. The van der Waals surface area contributed by atoms with Crippen molar-refractivity contribution in [3.8, 4) is 0 Å². The number of hydrogen-bond donors (Lipinski definition) is 1. The van der Waals surface area contributed by atoms with Gasteiger partial charge in [-0.3, -0.25) is 4.98 Å². The zero-order valence-electron chi connectivity index (χ0n) is 15.2. The molecule has 0 saturated heterocycles. The summed E-state index contributed by atoms with van der Waals surface area (Å²) in [5.41, 5.74) is 3.75. The van der Waals surface area contributed by atoms with Crippen LogP contribution in [0.2, 0.25) is 0 Å². The summed E-state index contributed by atoms with van der Waals surface area (Å²) in [5, 5.41) is 7.96. The number of hydrogen-bond acceptors (Lipinski definition) is 4. The Morgan fingerprint density at radius 2 is 1.63 bits per heavy atom. The lowest BCUT2D eigenvalue weighted by molar-refractivity contribution is 0.626. The number of nitrogens with one attached hydrogen (secondary N) is 1. The molecule has 0 unspecified atom stereocenters. The summed E-state index contributed by atoms with van der Waals surface area (Å²) in [4.78, 5) is 8.77. The largest absolute Gasteiger partial charge is 0.359 e. The summed E-state index contributed by atoms with van der Waals surface area (Å²) in [6, 6.07) is 14.2. The third kappa shape index (κ3) is 3.51. The minimum Gasteiger partial charge on any atom is -0.359 e. The molecule has 1 atom stereocenters. The Labute approximate surface area is 156 Å². The number of aromatic nitrogens is 4. The van der Waals surface area contributed by atoms with E-state index >= 15 is 0 Å². The third-order valence-electron chi connectivity index (χ3n) is 4.51. The van der Waals surface area contributed by atoms with Crippen molar-refractivity contribution in [2.45, 2.75) is 25.8 Å². The lowest BCUT2D eigenvalue weighted by atomic mass is 9.99. The number of benzene rings is 1. The Morgan fingerprint density at radius 1 is 0.926 bits per heavy atom. The van der Waals surface area contributed by atoms with Crippen LogP contribution >= 0.6 is 0 Å². The van der Waals surface area contributed by atoms with Crippen molar-refractivity contribution in [3.63, 3.8) is 0 Å². The maximum absolute atomic E-state index is 13.4. The molecule has 4 aromatic rings. The molecule has 0 saturated carbocycles. The van der Waals surface area contributed by atoms with Crippen LogP contribution in [0.3, 0.4) is 0 Å². The molecule has 4 rings (SSSR count). The van der Waals surface area contributed by atoms with Gasteiger partial charge in [0.1, 0.15) is 11.6 Å². The summed E-state index contributed by atoms with van der Waals surface area (Å²) in [7, 11) is 0. The van der Waals surface area contributed by atoms with Crippen LogP contribution in [0.1, 0.15) is 42.6 Å². The monoisotopic (exact) mass is 361 g/mol. The van der Waals surface area contributed by atoms with Crippen LogP contribution < -0.4 is 5.32 Å². The Kier molecular flexibility index (Phi) is 4.54. The summed E-state index contributed by atoms with van der Waals surface area (Å²) >= 11 is 0. The molecule has 5 nitrogen and oxygen atoms in total. The Bertz CT molecular complexity index is 1040. The van der Waals surface area contributed by atoms with E-state index in [-0.39, 0.29) is 17.8 Å². The molecule has 3 aromatic heterocycles. The van der Waals surface area contributed by atoms with Crippen LogP contribution in [0.5, 0.6) is 0 Å². The predicted molar refractivity (Wildman–Crippen MR) is 103 cm³/mol. The van der Waals surface area contributed by atoms with E-state index in [0.717, 1.165) is 28.3 Å². The number of fused-ring (bicyclic) bond motifs is 1. The van der Waals surface area contributed by atoms with Gasteiger partial charge < -0.3 is 5.32 Å². The average Bonchev–Trinajstić information content (AvgIpc) is 3.16. The molecular weight excluding hydrogens is 341 g/mol. The van der Waals surface area contributed by atoms with Crippen molar-refractivity contribution >= 4 is 11.5 Å². The normalized spacial score (nSPS) is 12.4. The van der Waals surface area contributed by atoms with Gasteiger partial charge in [0, 0.05) is 30.2 Å². The molecule has 6 heteroatoms. The van der Waals surface area contributed by atoms with Gasteiger partial charge in [-0.25, -0.2) is 9.37 Å². The molecule has 1 aromatic carbocycles. The number of halogens is 1. The zero-order valence-corrected chi connectivity index (χ0v) is 15.2. The van der Waals surface area contributed by atoms with Crippen molar-refractivity contribution < 1.29 is 4.39 Å². The molecule has 136 valence electrons. The van der Waals surface area contributed by atoms with Crippen molar-refractivity contribution in [2.24, 2.45) is 0 Å². The van der Waals surface area contributed by atoms with Gasteiger partial charge in [-0.15, -0.1) is 0 Å². The van der Waals surface area contributed by atoms with E-state index in [1.54, 1.807) is 35.2 Å². The summed E-state index contributed by atoms with van der Waals surface area (Å²) < 4.78 is 15.2. The topological polar surface area (TPSA) is 55.1 Å². The highest BCUT2D eigenvalue weighted by Crippen LogP contribution is 2.28. The fourth-order valence-corrected chi connectivity index (χ4v) is 3.05. The first-order valence-corrected chi connectivity index (χ1v) is 8.88. The second-order valence-corrected chi connectivity index (χ2v) is 6.73. The van der Waals surface area contributed by atoms with Crippen molar-refractivity contribution in [2.75, 3.05) is 5.32 Å². The number of anilines is 1. The van der Waals surface area contributed by atoms with Gasteiger partial charge in [-0.05, 0) is 41.3 Å². The summed E-state index contributed by atoms with van der Waals surface area (Å²) in [6.07, 6.45) is 5.24. The standard InChI is InChI=1S/C21H20FN5/c1-14(2)18-13-20(27-19(25-18)9-12-24-27)26-21(16-7-10-23-11-8-16)15-3-5-17(22)6-4-15/h3-14,21,26H,1-2H3/t21-/m0/s1. The maximum atomic E-state index is 13.4. The first-order valence-electron chi connectivity index (χ1n) is 8.88. The van der Waals surface area contributed by atoms with Gasteiger partial charge in [0.25, 0.3) is 0 Å². The molecule has 0 aliphatic carbocycles. The molecule has 1 N–H and O–H groups in total. The minimum absolute atomic E-state index is 0.177. The Hall–Kier alpha value is -3.28. The van der Waals surface area contributed by atoms with E-state index in [4.69, 9.17) is 0 Å². The van der Waals surface area contributed by atoms with Crippen LogP contribution in [-0.2, 0) is 0 Å². The highest BCUT2D eigenvalue weighted by molar-refractivity contribution is 5.52. The molecule has 0 radical (unpaired) electrons. The fourth-order valence-electron chi connectivity index (χ4n) is 3.05. The molecule has 27 heavy (non-hydrogen) atoms. The fraction of sp³-hybridized carbons (Fsp3) is 0.190. The molecule has 0 fully saturated rings. The second kappa shape index (κ2) is 7.15. The lowest BCUT2D eigenvalue weighted by Gasteiger charge is -2.22. The van der Waals surface area contributed by atoms with Gasteiger partial charge in [0.15, 0.2) is 5.65 Å². The van der Waals surface area contributed by atoms with Gasteiger partial charge >= 0.3 is 0 Å². The molecular formula is C21H20FN5. The van der Waals surface area contributed by atoms with E-state index in [2.05, 4.69) is 34.2 Å². The van der Waals surface area contributed by atoms with E-state index in [9.17, 15) is 4.39 Å². The molecule has 0 amide bonds. The number of nitrogens with zero attached hydrogens (tertiary/aromatic N) is 4. The smallest absolute Gasteiger partial charge is 0.157 e. The van der Waals surface area contributed by atoms with Crippen LogP contribution in [0.15, 0.2) is 67.1 Å². The molecule has 0 bridgehead atoms. The van der Waals surface area contributed by atoms with E-state index < -0.39 is 0 Å². The van der Waals surface area contributed by atoms with Crippen molar-refractivity contribution in [1.29, 1.82) is 0 Å². The SMILES string of the molecule is CC(C)c1cc(N[C@H](c2ccncc2)c2ccc(F)cc2)n2nccc2n1. The second-order valence-electron chi connectivity index (χ2n) is 6.73. The van der Waals surface area contributed by atoms with E-state index in [1.807, 2.05) is 24.3 Å². The summed E-state index contributed by atoms with van der Waals surface area (Å²) in [6.45, 7) is 4.22. The lowest BCUT2D eigenvalue weighted by Crippen LogP contribution is -2.16. The van der Waals surface area contributed by atoms with Gasteiger partial charge in [-0.1, -0.05) is 26.0 Å². The first-order chi connectivity index (χ1) is 13.1. The van der Waals surface area contributed by atoms with Crippen molar-refractivity contribution in [1.82, 2.24) is 19.6 Å². The average molecular weight is 361 g/mol. The van der Waals surface area contributed by atoms with Crippen LogP contribution in [0.4, 0.5) is 10.2 Å². The molecule has 0 aliphatic heterocycles. The quantitative estimate of drug-likeness (QED) is 0.565. The molecule has 3 heterocycles. The molecule has 0 aliphatic rings. The highest BCUT2D eigenvalue weighted by Gasteiger charge is 2.17. The van der Waals surface area contributed by atoms with Crippen molar-refractivity contribution in [3.05, 3.63) is 89.8 Å². The number of pyridine rings is 1.